The van der Waals surface area contributed by atoms with Gasteiger partial charge in [-0.3, -0.25) is 0 Å². The zero-order chi connectivity index (χ0) is 17.0. The van der Waals surface area contributed by atoms with E-state index in [9.17, 15) is 4.79 Å². The first-order valence-corrected chi connectivity index (χ1v) is 7.41. The van der Waals surface area contributed by atoms with Crippen LogP contribution in [0.3, 0.4) is 0 Å². The van der Waals surface area contributed by atoms with Crippen molar-refractivity contribution in [2.75, 3.05) is 14.2 Å². The molecule has 0 saturated carbocycles. The van der Waals surface area contributed by atoms with Gasteiger partial charge in [0.15, 0.2) is 11.5 Å². The predicted octanol–water partition coefficient (Wildman–Crippen LogP) is 4.07. The number of pyridine rings is 1. The van der Waals surface area contributed by atoms with Gasteiger partial charge in [0.1, 0.15) is 11.8 Å². The summed E-state index contributed by atoms with van der Waals surface area (Å²) in [4.78, 5) is 15.9. The van der Waals surface area contributed by atoms with Crippen molar-refractivity contribution in [1.29, 1.82) is 0 Å². The molecule has 0 bridgehead atoms. The van der Waals surface area contributed by atoms with Crippen molar-refractivity contribution in [3.63, 3.8) is 0 Å². The molecule has 0 aliphatic heterocycles. The molecule has 0 N–H and O–H groups in total. The maximum absolute atomic E-state index is 12.1. The molecule has 7 heteroatoms. The Balaban J connectivity index is 2.13. The lowest BCUT2D eigenvalue weighted by Crippen LogP contribution is -2.07. The lowest BCUT2D eigenvalue weighted by Gasteiger charge is -2.13. The van der Waals surface area contributed by atoms with Crippen molar-refractivity contribution in [2.45, 2.75) is 13.5 Å². The van der Waals surface area contributed by atoms with Crippen molar-refractivity contribution in [3.05, 3.63) is 51.3 Å². The minimum atomic E-state index is -0.537. The molecule has 0 amide bonds. The van der Waals surface area contributed by atoms with E-state index < -0.39 is 5.97 Å². The normalized spacial score (nSPS) is 10.3. The minimum Gasteiger partial charge on any atom is -0.493 e. The number of ether oxygens (including phenoxy) is 3. The van der Waals surface area contributed by atoms with E-state index in [2.05, 4.69) is 4.98 Å². The third-order valence-electron chi connectivity index (χ3n) is 3.23. The lowest BCUT2D eigenvalue weighted by atomic mass is 10.1. The number of hydrogen-bond acceptors (Lipinski definition) is 5. The first-order chi connectivity index (χ1) is 11.0. The highest BCUT2D eigenvalue weighted by molar-refractivity contribution is 6.41. The number of esters is 1. The standard InChI is InChI=1S/C16H15Cl2NO4/c1-9-4-13(21-2)14(22-3)6-11(9)8-23-16(20)10-5-12(17)15(18)19-7-10/h4-7H,8H2,1-3H3. The molecule has 1 aromatic heterocycles. The summed E-state index contributed by atoms with van der Waals surface area (Å²) in [5.74, 6) is 0.652. The van der Waals surface area contributed by atoms with Gasteiger partial charge in [-0.1, -0.05) is 23.2 Å². The van der Waals surface area contributed by atoms with Crippen molar-refractivity contribution < 1.29 is 19.0 Å². The molecule has 1 heterocycles. The summed E-state index contributed by atoms with van der Waals surface area (Å²) in [6, 6.07) is 5.01. The molecule has 0 saturated heterocycles. The number of hydrogen-bond donors (Lipinski definition) is 0. The van der Waals surface area contributed by atoms with Crippen LogP contribution in [0.4, 0.5) is 0 Å². The Kier molecular flexibility index (Phi) is 5.69. The highest BCUT2D eigenvalue weighted by atomic mass is 35.5. The van der Waals surface area contributed by atoms with E-state index in [4.69, 9.17) is 37.4 Å². The number of aromatic nitrogens is 1. The number of nitrogens with zero attached hydrogens (tertiary/aromatic N) is 1. The average molecular weight is 356 g/mol. The monoisotopic (exact) mass is 355 g/mol. The molecule has 0 fully saturated rings. The second-order valence-electron chi connectivity index (χ2n) is 4.71. The Morgan fingerprint density at radius 2 is 1.78 bits per heavy atom. The van der Waals surface area contributed by atoms with Crippen LogP contribution in [0.25, 0.3) is 0 Å². The summed E-state index contributed by atoms with van der Waals surface area (Å²) in [5, 5.41) is 0.336. The van der Waals surface area contributed by atoms with Gasteiger partial charge in [0.2, 0.25) is 0 Å². The maximum atomic E-state index is 12.1. The van der Waals surface area contributed by atoms with Crippen molar-refractivity contribution in [1.82, 2.24) is 4.98 Å². The molecule has 0 atom stereocenters. The molecule has 23 heavy (non-hydrogen) atoms. The quantitative estimate of drug-likeness (QED) is 0.597. The number of aryl methyl sites for hydroxylation is 1. The van der Waals surface area contributed by atoms with E-state index in [1.807, 2.05) is 13.0 Å². The molecule has 0 aliphatic carbocycles. The van der Waals surface area contributed by atoms with Gasteiger partial charge in [-0.05, 0) is 36.2 Å². The van der Waals surface area contributed by atoms with Crippen LogP contribution in [0, 0.1) is 6.92 Å². The van der Waals surface area contributed by atoms with Crippen LogP contribution >= 0.6 is 23.2 Å². The van der Waals surface area contributed by atoms with Gasteiger partial charge in [-0.2, -0.15) is 0 Å². The highest BCUT2D eigenvalue weighted by Gasteiger charge is 2.13. The minimum absolute atomic E-state index is 0.0886. The Morgan fingerprint density at radius 1 is 1.13 bits per heavy atom. The Hall–Kier alpha value is -1.98. The van der Waals surface area contributed by atoms with E-state index >= 15 is 0 Å². The number of benzene rings is 1. The smallest absolute Gasteiger partial charge is 0.340 e. The number of carbonyl (C=O) groups is 1. The summed E-state index contributed by atoms with van der Waals surface area (Å²) in [7, 11) is 3.11. The fourth-order valence-corrected chi connectivity index (χ4v) is 2.21. The molecule has 2 aromatic rings. The summed E-state index contributed by atoms with van der Waals surface area (Å²) in [6.45, 7) is 1.98. The van der Waals surface area contributed by atoms with Crippen molar-refractivity contribution in [3.8, 4) is 11.5 Å². The van der Waals surface area contributed by atoms with Crippen LogP contribution in [0.5, 0.6) is 11.5 Å². The van der Waals surface area contributed by atoms with Crippen LogP contribution < -0.4 is 9.47 Å². The van der Waals surface area contributed by atoms with Crippen LogP contribution in [0.2, 0.25) is 10.2 Å². The van der Waals surface area contributed by atoms with Gasteiger partial charge < -0.3 is 14.2 Å². The third-order valence-corrected chi connectivity index (χ3v) is 3.92. The van der Waals surface area contributed by atoms with Gasteiger partial charge in [0.25, 0.3) is 0 Å². The van der Waals surface area contributed by atoms with Gasteiger partial charge >= 0.3 is 5.97 Å². The Morgan fingerprint density at radius 3 is 2.39 bits per heavy atom. The molecule has 0 aliphatic rings. The molecule has 1 aromatic carbocycles. The lowest BCUT2D eigenvalue weighted by molar-refractivity contribution is 0.0471. The number of carbonyl (C=O) groups excluding carboxylic acids is 1. The van der Waals surface area contributed by atoms with Gasteiger partial charge in [0.05, 0.1) is 24.8 Å². The van der Waals surface area contributed by atoms with E-state index in [-0.39, 0.29) is 22.3 Å². The zero-order valence-corrected chi connectivity index (χ0v) is 14.4. The number of halogens is 2. The van der Waals surface area contributed by atoms with Crippen LogP contribution in [-0.4, -0.2) is 25.2 Å². The SMILES string of the molecule is COc1cc(C)c(COC(=O)c2cnc(Cl)c(Cl)c2)cc1OC. The molecule has 0 radical (unpaired) electrons. The molecule has 0 spiro atoms. The topological polar surface area (TPSA) is 57.7 Å². The maximum Gasteiger partial charge on any atom is 0.340 e. The van der Waals surface area contributed by atoms with E-state index in [1.54, 1.807) is 20.3 Å². The average Bonchev–Trinajstić information content (AvgIpc) is 2.55. The Bertz CT molecular complexity index is 734. The second kappa shape index (κ2) is 7.53. The number of methoxy groups -OCH3 is 2. The third kappa shape index (κ3) is 4.06. The van der Waals surface area contributed by atoms with Crippen LogP contribution in [0.1, 0.15) is 21.5 Å². The molecular weight excluding hydrogens is 341 g/mol. The first kappa shape index (κ1) is 17.4. The molecule has 122 valence electrons. The fraction of sp³-hybridized carbons (Fsp3) is 0.250. The summed E-state index contributed by atoms with van der Waals surface area (Å²) < 4.78 is 15.8. The second-order valence-corrected chi connectivity index (χ2v) is 5.47. The molecule has 0 unspecified atom stereocenters. The number of rotatable bonds is 5. The van der Waals surface area contributed by atoms with E-state index in [0.29, 0.717) is 11.5 Å². The first-order valence-electron chi connectivity index (χ1n) is 6.66. The zero-order valence-electron chi connectivity index (χ0n) is 12.9. The summed E-state index contributed by atoms with van der Waals surface area (Å²) in [6.07, 6.45) is 1.32. The Labute approximate surface area is 144 Å². The van der Waals surface area contributed by atoms with Crippen LogP contribution in [-0.2, 0) is 11.3 Å². The van der Waals surface area contributed by atoms with E-state index in [1.165, 1.54) is 12.3 Å². The fourth-order valence-electron chi connectivity index (χ4n) is 1.94. The highest BCUT2D eigenvalue weighted by Crippen LogP contribution is 2.30. The summed E-state index contributed by atoms with van der Waals surface area (Å²) >= 11 is 11.6. The molecule has 2 rings (SSSR count). The van der Waals surface area contributed by atoms with Crippen LogP contribution in [0.15, 0.2) is 24.4 Å². The van der Waals surface area contributed by atoms with E-state index in [0.717, 1.165) is 11.1 Å². The van der Waals surface area contributed by atoms with Gasteiger partial charge in [-0.25, -0.2) is 9.78 Å². The molecular formula is C16H15Cl2NO4. The largest absolute Gasteiger partial charge is 0.493 e. The van der Waals surface area contributed by atoms with Crippen molar-refractivity contribution in [2.24, 2.45) is 0 Å². The summed E-state index contributed by atoms with van der Waals surface area (Å²) in [5.41, 5.74) is 1.96. The van der Waals surface area contributed by atoms with Crippen molar-refractivity contribution >= 4 is 29.2 Å². The molecule has 5 nitrogen and oxygen atoms in total. The predicted molar refractivity (Wildman–Crippen MR) is 87.7 cm³/mol. The van der Waals surface area contributed by atoms with Gasteiger partial charge in [-0.15, -0.1) is 0 Å². The van der Waals surface area contributed by atoms with Gasteiger partial charge in [0, 0.05) is 6.20 Å².